The van der Waals surface area contributed by atoms with E-state index in [1.54, 1.807) is 31.4 Å². The minimum Gasteiger partial charge on any atom is -0.497 e. The third-order valence-electron chi connectivity index (χ3n) is 4.20. The molecule has 116 valence electrons. The number of carbonyl (C=O) groups is 3. The molecular weight excluding hydrogens is 282 g/mol. The molecule has 2 rings (SSSR count). The molecule has 0 aliphatic carbocycles. The molecular formula is C17H19NO4. The Hall–Kier alpha value is -2.43. The number of imide groups is 1. The number of likely N-dealkylation sites (tertiary alicyclic amines) is 1. The van der Waals surface area contributed by atoms with Gasteiger partial charge in [0.25, 0.3) is 0 Å². The fourth-order valence-electron chi connectivity index (χ4n) is 2.76. The lowest BCUT2D eigenvalue weighted by molar-refractivity contribution is -0.136. The van der Waals surface area contributed by atoms with Crippen molar-refractivity contribution in [2.45, 2.75) is 31.6 Å². The van der Waals surface area contributed by atoms with Gasteiger partial charge in [-0.1, -0.05) is 25.6 Å². The van der Waals surface area contributed by atoms with E-state index in [9.17, 15) is 14.4 Å². The quantitative estimate of drug-likeness (QED) is 0.597. The molecule has 5 nitrogen and oxygen atoms in total. The monoisotopic (exact) mass is 301 g/mol. The van der Waals surface area contributed by atoms with Gasteiger partial charge >= 0.3 is 0 Å². The Labute approximate surface area is 129 Å². The first-order valence-corrected chi connectivity index (χ1v) is 7.16. The number of aldehydes is 1. The smallest absolute Gasteiger partial charge is 0.234 e. The van der Waals surface area contributed by atoms with Gasteiger partial charge in [-0.15, -0.1) is 0 Å². The molecule has 1 fully saturated rings. The van der Waals surface area contributed by atoms with E-state index in [4.69, 9.17) is 4.74 Å². The van der Waals surface area contributed by atoms with Gasteiger partial charge in [-0.05, 0) is 24.1 Å². The maximum absolute atomic E-state index is 11.9. The summed E-state index contributed by atoms with van der Waals surface area (Å²) in [4.78, 5) is 36.8. The van der Waals surface area contributed by atoms with Gasteiger partial charge in [0.1, 0.15) is 12.0 Å². The van der Waals surface area contributed by atoms with Crippen molar-refractivity contribution in [2.24, 2.45) is 0 Å². The Kier molecular flexibility index (Phi) is 4.45. The highest BCUT2D eigenvalue weighted by Gasteiger charge is 2.42. The second kappa shape index (κ2) is 6.13. The maximum atomic E-state index is 11.9. The summed E-state index contributed by atoms with van der Waals surface area (Å²) in [6.07, 6.45) is 1.49. The van der Waals surface area contributed by atoms with Crippen molar-refractivity contribution in [3.63, 3.8) is 0 Å². The van der Waals surface area contributed by atoms with E-state index in [0.717, 1.165) is 11.2 Å². The van der Waals surface area contributed by atoms with E-state index in [1.807, 2.05) is 6.92 Å². The number of carbonyl (C=O) groups excluding carboxylic acids is 3. The number of methoxy groups -OCH3 is 1. The summed E-state index contributed by atoms with van der Waals surface area (Å²) in [5.74, 6) is 0.0602. The first kappa shape index (κ1) is 15.9. The van der Waals surface area contributed by atoms with Crippen molar-refractivity contribution >= 4 is 18.1 Å². The fourth-order valence-corrected chi connectivity index (χ4v) is 2.76. The van der Waals surface area contributed by atoms with Gasteiger partial charge in [0.05, 0.1) is 12.5 Å². The molecule has 1 unspecified atom stereocenters. The standard InChI is InChI=1S/C17H19NO4/c1-4-17(11-19,13-5-7-14(22-3)8-6-13)12(2)18-15(20)9-10-16(18)21/h5-8,11H,2,4,9-10H2,1,3H3. The molecule has 1 heterocycles. The van der Waals surface area contributed by atoms with Crippen LogP contribution in [0.3, 0.4) is 0 Å². The van der Waals surface area contributed by atoms with E-state index < -0.39 is 5.41 Å². The van der Waals surface area contributed by atoms with E-state index in [1.165, 1.54) is 0 Å². The van der Waals surface area contributed by atoms with Crippen molar-refractivity contribution in [3.05, 3.63) is 42.1 Å². The van der Waals surface area contributed by atoms with Crippen LogP contribution in [0.15, 0.2) is 36.5 Å². The number of allylic oxidation sites excluding steroid dienone is 1. The van der Waals surface area contributed by atoms with Gasteiger partial charge in [-0.3, -0.25) is 14.5 Å². The molecule has 1 aliphatic rings. The summed E-state index contributed by atoms with van der Waals surface area (Å²) in [6, 6.07) is 6.99. The first-order valence-electron chi connectivity index (χ1n) is 7.16. The summed E-state index contributed by atoms with van der Waals surface area (Å²) in [6.45, 7) is 5.72. The number of amides is 2. The van der Waals surface area contributed by atoms with E-state index in [-0.39, 0.29) is 30.4 Å². The number of nitrogens with zero attached hydrogens (tertiary/aromatic N) is 1. The molecule has 2 amide bonds. The normalized spacial score (nSPS) is 17.3. The van der Waals surface area contributed by atoms with Crippen LogP contribution in [0.1, 0.15) is 31.7 Å². The minimum atomic E-state index is -1.10. The van der Waals surface area contributed by atoms with Crippen molar-refractivity contribution in [3.8, 4) is 5.75 Å². The van der Waals surface area contributed by atoms with Gasteiger partial charge < -0.3 is 9.53 Å². The zero-order valence-corrected chi connectivity index (χ0v) is 12.8. The van der Waals surface area contributed by atoms with Crippen LogP contribution < -0.4 is 4.74 Å². The predicted octanol–water partition coefficient (Wildman–Crippen LogP) is 2.20. The van der Waals surface area contributed by atoms with Crippen molar-refractivity contribution < 1.29 is 19.1 Å². The molecule has 1 aromatic rings. The Bertz CT molecular complexity index is 604. The summed E-state index contributed by atoms with van der Waals surface area (Å²) in [5.41, 5.74) is -0.187. The average Bonchev–Trinajstić information content (AvgIpc) is 2.88. The number of hydrogen-bond acceptors (Lipinski definition) is 4. The summed E-state index contributed by atoms with van der Waals surface area (Å²) < 4.78 is 5.11. The third kappa shape index (κ3) is 2.43. The summed E-state index contributed by atoms with van der Waals surface area (Å²) in [5, 5.41) is 0. The van der Waals surface area contributed by atoms with E-state index in [2.05, 4.69) is 6.58 Å². The highest BCUT2D eigenvalue weighted by atomic mass is 16.5. The molecule has 5 heteroatoms. The second-order valence-electron chi connectivity index (χ2n) is 5.24. The van der Waals surface area contributed by atoms with Crippen LogP contribution in [0.5, 0.6) is 5.75 Å². The van der Waals surface area contributed by atoms with Crippen molar-refractivity contribution in [1.82, 2.24) is 4.90 Å². The molecule has 0 radical (unpaired) electrons. The Morgan fingerprint density at radius 2 is 1.82 bits per heavy atom. The van der Waals surface area contributed by atoms with Crippen LogP contribution >= 0.6 is 0 Å². The van der Waals surface area contributed by atoms with E-state index >= 15 is 0 Å². The highest BCUT2D eigenvalue weighted by molar-refractivity contribution is 6.04. The SMILES string of the molecule is C=C(N1C(=O)CCC1=O)C(C=O)(CC)c1ccc(OC)cc1. The van der Waals surface area contributed by atoms with Gasteiger partial charge in [-0.25, -0.2) is 0 Å². The zero-order valence-electron chi connectivity index (χ0n) is 12.8. The molecule has 0 N–H and O–H groups in total. The van der Waals surface area contributed by atoms with Crippen molar-refractivity contribution in [2.75, 3.05) is 7.11 Å². The molecule has 1 atom stereocenters. The fraction of sp³-hybridized carbons (Fsp3) is 0.353. The molecule has 1 saturated heterocycles. The summed E-state index contributed by atoms with van der Waals surface area (Å²) in [7, 11) is 1.56. The maximum Gasteiger partial charge on any atom is 0.234 e. The Morgan fingerprint density at radius 1 is 1.27 bits per heavy atom. The van der Waals surface area contributed by atoms with Crippen LogP contribution in [0.4, 0.5) is 0 Å². The lowest BCUT2D eigenvalue weighted by atomic mass is 9.76. The van der Waals surface area contributed by atoms with Gasteiger partial charge in [-0.2, -0.15) is 0 Å². The molecule has 0 spiro atoms. The number of rotatable bonds is 6. The molecule has 0 aromatic heterocycles. The average molecular weight is 301 g/mol. The van der Waals surface area contributed by atoms with Crippen LogP contribution in [0.2, 0.25) is 0 Å². The van der Waals surface area contributed by atoms with Crippen molar-refractivity contribution in [1.29, 1.82) is 0 Å². The Morgan fingerprint density at radius 3 is 2.23 bits per heavy atom. The van der Waals surface area contributed by atoms with Crippen LogP contribution in [-0.4, -0.2) is 30.1 Å². The molecule has 1 aliphatic heterocycles. The van der Waals surface area contributed by atoms with Crippen LogP contribution in [0.25, 0.3) is 0 Å². The number of hydrogen-bond donors (Lipinski definition) is 0. The predicted molar refractivity (Wildman–Crippen MR) is 81.3 cm³/mol. The van der Waals surface area contributed by atoms with Gasteiger partial charge in [0.2, 0.25) is 11.8 Å². The number of benzene rings is 1. The number of ether oxygens (including phenoxy) is 1. The topological polar surface area (TPSA) is 63.7 Å². The summed E-state index contributed by atoms with van der Waals surface area (Å²) >= 11 is 0. The van der Waals surface area contributed by atoms with Gasteiger partial charge in [0.15, 0.2) is 0 Å². The van der Waals surface area contributed by atoms with E-state index in [0.29, 0.717) is 17.7 Å². The Balaban J connectivity index is 2.46. The molecule has 0 saturated carbocycles. The third-order valence-corrected chi connectivity index (χ3v) is 4.20. The lowest BCUT2D eigenvalue weighted by Gasteiger charge is -2.33. The minimum absolute atomic E-state index is 0.166. The van der Waals surface area contributed by atoms with Gasteiger partial charge in [0, 0.05) is 18.5 Å². The lowest BCUT2D eigenvalue weighted by Crippen LogP contribution is -2.41. The van der Waals surface area contributed by atoms with Crippen LogP contribution in [-0.2, 0) is 19.8 Å². The zero-order chi connectivity index (χ0) is 16.3. The molecule has 1 aromatic carbocycles. The van der Waals surface area contributed by atoms with Crippen LogP contribution in [0, 0.1) is 0 Å². The largest absolute Gasteiger partial charge is 0.497 e. The molecule has 0 bridgehead atoms. The second-order valence-corrected chi connectivity index (χ2v) is 5.24. The highest BCUT2D eigenvalue weighted by Crippen LogP contribution is 2.37. The first-order chi connectivity index (χ1) is 10.5. The molecule has 22 heavy (non-hydrogen) atoms.